The summed E-state index contributed by atoms with van der Waals surface area (Å²) in [4.78, 5) is 6.34. The van der Waals surface area contributed by atoms with Gasteiger partial charge in [-0.2, -0.15) is 0 Å². The number of pyridine rings is 1. The lowest BCUT2D eigenvalue weighted by Gasteiger charge is -2.30. The minimum Gasteiger partial charge on any atom is -0.264 e. The van der Waals surface area contributed by atoms with Gasteiger partial charge in [-0.1, -0.05) is 84.9 Å². The van der Waals surface area contributed by atoms with E-state index in [9.17, 15) is 0 Å². The zero-order valence-electron chi connectivity index (χ0n) is 21.9. The van der Waals surface area contributed by atoms with Crippen LogP contribution in [0.2, 0.25) is 0 Å². The van der Waals surface area contributed by atoms with Gasteiger partial charge < -0.3 is 0 Å². The van der Waals surface area contributed by atoms with Gasteiger partial charge in [-0.3, -0.25) is 4.98 Å². The topological polar surface area (TPSA) is 12.9 Å². The van der Waals surface area contributed by atoms with Gasteiger partial charge >= 0.3 is 0 Å². The van der Waals surface area contributed by atoms with Crippen LogP contribution >= 0.6 is 22.7 Å². The zero-order valence-corrected chi connectivity index (χ0v) is 23.5. The van der Waals surface area contributed by atoms with Crippen molar-refractivity contribution < 1.29 is 0 Å². The van der Waals surface area contributed by atoms with Gasteiger partial charge in [0.2, 0.25) is 0 Å². The Bertz CT molecular complexity index is 2390. The van der Waals surface area contributed by atoms with Crippen molar-refractivity contribution in [1.29, 1.82) is 0 Å². The van der Waals surface area contributed by atoms with E-state index in [1.54, 1.807) is 0 Å². The lowest BCUT2D eigenvalue weighted by atomic mass is 9.70. The fourth-order valence-electron chi connectivity index (χ4n) is 7.57. The molecule has 1 nitrogen and oxygen atoms in total. The van der Waals surface area contributed by atoms with E-state index < -0.39 is 0 Å². The number of rotatable bonds is 2. The smallest absolute Gasteiger partial charge is 0.0755 e. The molecular formula is C38H21NS2. The summed E-state index contributed by atoms with van der Waals surface area (Å²) in [5.74, 6) is 0. The Morgan fingerprint density at radius 3 is 2.15 bits per heavy atom. The van der Waals surface area contributed by atoms with E-state index in [1.165, 1.54) is 79.6 Å². The third-order valence-corrected chi connectivity index (χ3v) is 11.5. The van der Waals surface area contributed by atoms with E-state index in [4.69, 9.17) is 4.98 Å². The van der Waals surface area contributed by atoms with Crippen molar-refractivity contribution in [2.45, 2.75) is 5.41 Å². The number of thiophene rings is 2. The molecule has 0 spiro atoms. The predicted octanol–water partition coefficient (Wildman–Crippen LogP) is 10.7. The van der Waals surface area contributed by atoms with Gasteiger partial charge in [-0.05, 0) is 80.2 Å². The Morgan fingerprint density at radius 1 is 0.488 bits per heavy atom. The average Bonchev–Trinajstić information content (AvgIpc) is 3.75. The van der Waals surface area contributed by atoms with Gasteiger partial charge in [0.05, 0.1) is 5.41 Å². The van der Waals surface area contributed by atoms with Crippen LogP contribution in [-0.2, 0) is 5.41 Å². The first-order valence-corrected chi connectivity index (χ1v) is 15.6. The molecule has 1 atom stereocenters. The van der Waals surface area contributed by atoms with Crippen molar-refractivity contribution in [3.8, 4) is 32.7 Å². The first-order chi connectivity index (χ1) is 20.3. The normalized spacial score (nSPS) is 16.4. The van der Waals surface area contributed by atoms with Crippen LogP contribution in [-0.4, -0.2) is 4.98 Å². The van der Waals surface area contributed by atoms with Gasteiger partial charge in [0, 0.05) is 47.7 Å². The molecule has 2 aliphatic rings. The summed E-state index contributed by atoms with van der Waals surface area (Å²) in [5, 5.41) is 3.99. The maximum absolute atomic E-state index is 4.94. The van der Waals surface area contributed by atoms with Crippen molar-refractivity contribution in [1.82, 2.24) is 4.98 Å². The molecule has 0 bridgehead atoms. The summed E-state index contributed by atoms with van der Waals surface area (Å²) in [6.45, 7) is 0. The van der Waals surface area contributed by atoms with E-state index >= 15 is 0 Å². The van der Waals surface area contributed by atoms with Crippen molar-refractivity contribution in [3.63, 3.8) is 0 Å². The lowest BCUT2D eigenvalue weighted by molar-refractivity contribution is 0.795. The first-order valence-electron chi connectivity index (χ1n) is 14.0. The van der Waals surface area contributed by atoms with E-state index in [-0.39, 0.29) is 5.41 Å². The molecule has 5 aromatic carbocycles. The molecule has 0 amide bonds. The minimum atomic E-state index is -0.389. The van der Waals surface area contributed by atoms with Crippen LogP contribution < -0.4 is 0 Å². The van der Waals surface area contributed by atoms with Crippen molar-refractivity contribution in [3.05, 3.63) is 150 Å². The average molecular weight is 556 g/mol. The van der Waals surface area contributed by atoms with Gasteiger partial charge in [-0.15, -0.1) is 22.7 Å². The summed E-state index contributed by atoms with van der Waals surface area (Å²) in [6.07, 6.45) is 4.15. The lowest BCUT2D eigenvalue weighted by Crippen LogP contribution is -2.26. The third-order valence-electron chi connectivity index (χ3n) is 9.16. The second-order valence-corrected chi connectivity index (χ2v) is 13.2. The molecule has 0 aliphatic heterocycles. The standard InChI is InChI=1S/C38H21NS2/c1-4-13-31-25(8-1)27-11-7-12-29-35(27)38(31,36-28-10-3-6-15-33(28)41-37(29)36)24-18-23(20-39-21-24)22-16-17-34-30(19-22)26-9-2-5-14-32(26)40-34/h1-21H. The van der Waals surface area contributed by atoms with Gasteiger partial charge in [0.25, 0.3) is 0 Å². The van der Waals surface area contributed by atoms with Crippen LogP contribution in [0.5, 0.6) is 0 Å². The number of fused-ring (bicyclic) bond motifs is 11. The number of benzene rings is 5. The molecule has 0 N–H and O–H groups in total. The Morgan fingerprint density at radius 2 is 1.22 bits per heavy atom. The summed E-state index contributed by atoms with van der Waals surface area (Å²) in [6, 6.07) is 42.8. The van der Waals surface area contributed by atoms with Crippen LogP contribution in [0.1, 0.15) is 22.3 Å². The van der Waals surface area contributed by atoms with Gasteiger partial charge in [0.15, 0.2) is 0 Å². The van der Waals surface area contributed by atoms with Crippen molar-refractivity contribution in [2.24, 2.45) is 0 Å². The molecule has 0 radical (unpaired) electrons. The van der Waals surface area contributed by atoms with E-state index in [0.717, 1.165) is 5.56 Å². The Balaban J connectivity index is 1.29. The van der Waals surface area contributed by atoms with Crippen LogP contribution in [0.15, 0.2) is 128 Å². The number of nitrogens with zero attached hydrogens (tertiary/aromatic N) is 1. The molecule has 8 aromatic rings. The first kappa shape index (κ1) is 22.2. The second-order valence-electron chi connectivity index (χ2n) is 11.1. The monoisotopic (exact) mass is 555 g/mol. The van der Waals surface area contributed by atoms with Crippen LogP contribution in [0, 0.1) is 0 Å². The molecular weight excluding hydrogens is 535 g/mol. The fraction of sp³-hybridized carbons (Fsp3) is 0.0263. The highest BCUT2D eigenvalue weighted by molar-refractivity contribution is 7.25. The molecule has 3 aromatic heterocycles. The molecule has 0 saturated heterocycles. The quantitative estimate of drug-likeness (QED) is 0.207. The number of aromatic nitrogens is 1. The minimum absolute atomic E-state index is 0.389. The van der Waals surface area contributed by atoms with E-state index in [2.05, 4.69) is 121 Å². The summed E-state index contributed by atoms with van der Waals surface area (Å²) in [7, 11) is 0. The van der Waals surface area contributed by atoms with Crippen LogP contribution in [0.25, 0.3) is 63.0 Å². The molecule has 41 heavy (non-hydrogen) atoms. The highest BCUT2D eigenvalue weighted by Crippen LogP contribution is 2.67. The van der Waals surface area contributed by atoms with Crippen LogP contribution in [0.3, 0.4) is 0 Å². The van der Waals surface area contributed by atoms with E-state index in [1.807, 2.05) is 28.9 Å². The summed E-state index contributed by atoms with van der Waals surface area (Å²) < 4.78 is 4.00. The summed E-state index contributed by atoms with van der Waals surface area (Å²) >= 11 is 3.79. The zero-order chi connectivity index (χ0) is 26.7. The summed E-state index contributed by atoms with van der Waals surface area (Å²) in [5.41, 5.74) is 11.5. The Kier molecular flexibility index (Phi) is 4.21. The molecule has 1 unspecified atom stereocenters. The predicted molar refractivity (Wildman–Crippen MR) is 174 cm³/mol. The van der Waals surface area contributed by atoms with Crippen LogP contribution in [0.4, 0.5) is 0 Å². The highest BCUT2D eigenvalue weighted by atomic mass is 32.1. The Labute approximate surface area is 245 Å². The van der Waals surface area contributed by atoms with Gasteiger partial charge in [0.1, 0.15) is 0 Å². The largest absolute Gasteiger partial charge is 0.264 e. The maximum Gasteiger partial charge on any atom is 0.0755 e. The molecule has 190 valence electrons. The van der Waals surface area contributed by atoms with E-state index in [0.29, 0.717) is 0 Å². The maximum atomic E-state index is 4.94. The molecule has 3 heterocycles. The SMILES string of the molecule is c1ccc2c(c1)-c1cccc3c1C2(c1cncc(-c2ccc4sc5ccccc5c4c2)c1)c1c-3sc2ccccc12. The highest BCUT2D eigenvalue weighted by Gasteiger charge is 2.54. The van der Waals surface area contributed by atoms with Gasteiger partial charge in [-0.25, -0.2) is 0 Å². The molecule has 2 aliphatic carbocycles. The number of hydrogen-bond acceptors (Lipinski definition) is 3. The number of hydrogen-bond donors (Lipinski definition) is 0. The molecule has 3 heteroatoms. The molecule has 0 fully saturated rings. The Hall–Kier alpha value is -4.57. The fourth-order valence-corrected chi connectivity index (χ4v) is 9.95. The molecule has 10 rings (SSSR count). The van der Waals surface area contributed by atoms with Crippen molar-refractivity contribution >= 4 is 52.9 Å². The second kappa shape index (κ2) is 7.79. The third kappa shape index (κ3) is 2.69. The van der Waals surface area contributed by atoms with Crippen molar-refractivity contribution in [2.75, 3.05) is 0 Å². The molecule has 0 saturated carbocycles.